The Morgan fingerprint density at radius 3 is 2.79 bits per heavy atom. The number of ether oxygens (including phenoxy) is 1. The van der Waals surface area contributed by atoms with Crippen molar-refractivity contribution in [2.45, 2.75) is 13.2 Å². The first-order valence-electron chi connectivity index (χ1n) is 7.25. The number of hydrogen-bond acceptors (Lipinski definition) is 5. The van der Waals surface area contributed by atoms with Crippen LogP contribution in [0, 0.1) is 5.82 Å². The third kappa shape index (κ3) is 3.62. The van der Waals surface area contributed by atoms with Gasteiger partial charge in [-0.05, 0) is 28.6 Å². The molecule has 0 aliphatic carbocycles. The molecule has 1 heterocycles. The van der Waals surface area contributed by atoms with E-state index in [4.69, 9.17) is 16.3 Å². The van der Waals surface area contributed by atoms with Gasteiger partial charge in [0.2, 0.25) is 5.95 Å². The number of tetrazole rings is 1. The second kappa shape index (κ2) is 7.27. The minimum absolute atomic E-state index is 0.0496. The van der Waals surface area contributed by atoms with Crippen LogP contribution in [0.15, 0.2) is 42.5 Å². The Morgan fingerprint density at radius 2 is 2.04 bits per heavy atom. The first-order chi connectivity index (χ1) is 11.6. The molecule has 2 aromatic carbocycles. The molecule has 3 aromatic rings. The summed E-state index contributed by atoms with van der Waals surface area (Å²) in [5, 5.41) is 14.6. The number of anilines is 1. The van der Waals surface area contributed by atoms with Crippen molar-refractivity contribution >= 4 is 17.5 Å². The molecule has 0 aliphatic heterocycles. The van der Waals surface area contributed by atoms with E-state index < -0.39 is 0 Å². The summed E-state index contributed by atoms with van der Waals surface area (Å²) in [5.41, 5.74) is 1.23. The van der Waals surface area contributed by atoms with Gasteiger partial charge in [-0.1, -0.05) is 41.0 Å². The summed E-state index contributed by atoms with van der Waals surface area (Å²) in [6, 6.07) is 12.0. The molecule has 1 N–H and O–H groups in total. The summed E-state index contributed by atoms with van der Waals surface area (Å²) in [7, 11) is 1.74. The van der Waals surface area contributed by atoms with E-state index in [-0.39, 0.29) is 12.4 Å². The van der Waals surface area contributed by atoms with Crippen LogP contribution in [0.3, 0.4) is 0 Å². The zero-order chi connectivity index (χ0) is 16.9. The van der Waals surface area contributed by atoms with Gasteiger partial charge in [0, 0.05) is 24.7 Å². The Balaban J connectivity index is 1.71. The molecule has 0 radical (unpaired) electrons. The molecular weight excluding hydrogens is 333 g/mol. The molecule has 8 heteroatoms. The predicted molar refractivity (Wildman–Crippen MR) is 88.3 cm³/mol. The van der Waals surface area contributed by atoms with Gasteiger partial charge in [-0.25, -0.2) is 9.07 Å². The zero-order valence-corrected chi connectivity index (χ0v) is 13.7. The maximum absolute atomic E-state index is 13.8. The van der Waals surface area contributed by atoms with Gasteiger partial charge in [-0.15, -0.1) is 0 Å². The van der Waals surface area contributed by atoms with Crippen molar-refractivity contribution in [2.24, 2.45) is 7.05 Å². The van der Waals surface area contributed by atoms with Gasteiger partial charge in [0.05, 0.1) is 5.02 Å². The second-order valence-electron chi connectivity index (χ2n) is 5.08. The normalized spacial score (nSPS) is 10.6. The molecule has 0 amide bonds. The quantitative estimate of drug-likeness (QED) is 0.741. The molecule has 0 unspecified atom stereocenters. The molecule has 0 bridgehead atoms. The molecular formula is C16H15ClFN5O. The van der Waals surface area contributed by atoms with Gasteiger partial charge in [0.25, 0.3) is 0 Å². The molecule has 0 saturated carbocycles. The lowest BCUT2D eigenvalue weighted by atomic mass is 10.2. The Morgan fingerprint density at radius 1 is 1.21 bits per heavy atom. The summed E-state index contributed by atoms with van der Waals surface area (Å²) < 4.78 is 21.1. The molecule has 0 aliphatic rings. The van der Waals surface area contributed by atoms with Crippen LogP contribution < -0.4 is 10.1 Å². The number of hydrogen-bond donors (Lipinski definition) is 1. The van der Waals surface area contributed by atoms with Gasteiger partial charge < -0.3 is 10.1 Å². The second-order valence-corrected chi connectivity index (χ2v) is 5.48. The summed E-state index contributed by atoms with van der Waals surface area (Å²) in [4.78, 5) is 0. The fourth-order valence-corrected chi connectivity index (χ4v) is 2.38. The molecule has 124 valence electrons. The number of rotatable bonds is 6. The first kappa shape index (κ1) is 16.2. The monoisotopic (exact) mass is 347 g/mol. The molecule has 6 nitrogen and oxygen atoms in total. The van der Waals surface area contributed by atoms with Crippen molar-refractivity contribution in [3.63, 3.8) is 0 Å². The zero-order valence-electron chi connectivity index (χ0n) is 12.9. The van der Waals surface area contributed by atoms with Crippen molar-refractivity contribution in [1.82, 2.24) is 20.2 Å². The minimum atomic E-state index is -0.386. The fraction of sp³-hybridized carbons (Fsp3) is 0.188. The van der Waals surface area contributed by atoms with Crippen LogP contribution >= 0.6 is 11.6 Å². The van der Waals surface area contributed by atoms with E-state index in [9.17, 15) is 4.39 Å². The number of para-hydroxylation sites is 1. The largest absolute Gasteiger partial charge is 0.488 e. The van der Waals surface area contributed by atoms with Crippen molar-refractivity contribution in [3.8, 4) is 5.75 Å². The highest BCUT2D eigenvalue weighted by atomic mass is 35.5. The highest BCUT2D eigenvalue weighted by molar-refractivity contribution is 6.31. The van der Waals surface area contributed by atoms with E-state index in [1.54, 1.807) is 19.2 Å². The number of nitrogens with zero attached hydrogens (tertiary/aromatic N) is 4. The molecule has 24 heavy (non-hydrogen) atoms. The standard InChI is InChI=1S/C16H15ClFN5O/c1-23-16(20-21-22-23)19-9-11-5-2-3-8-15(11)24-10-12-13(17)6-4-7-14(12)18/h2-8H,9-10H2,1H3,(H,19,20,22). The highest BCUT2D eigenvalue weighted by Gasteiger charge is 2.10. The third-order valence-electron chi connectivity index (χ3n) is 3.46. The van der Waals surface area contributed by atoms with Gasteiger partial charge >= 0.3 is 0 Å². The molecule has 0 fully saturated rings. The molecule has 0 saturated heterocycles. The van der Waals surface area contributed by atoms with Crippen LogP contribution in [0.2, 0.25) is 5.02 Å². The molecule has 3 rings (SSSR count). The molecule has 0 spiro atoms. The van der Waals surface area contributed by atoms with Crippen LogP contribution in [0.4, 0.5) is 10.3 Å². The number of nitrogens with one attached hydrogen (secondary N) is 1. The van der Waals surface area contributed by atoms with Crippen LogP contribution in [-0.4, -0.2) is 20.2 Å². The Hall–Kier alpha value is -2.67. The average Bonchev–Trinajstić information content (AvgIpc) is 2.98. The summed E-state index contributed by atoms with van der Waals surface area (Å²) >= 11 is 6.02. The SMILES string of the molecule is Cn1nnnc1NCc1ccccc1OCc1c(F)cccc1Cl. The lowest BCUT2D eigenvalue weighted by molar-refractivity contribution is 0.297. The topological polar surface area (TPSA) is 64.9 Å². The van der Waals surface area contributed by atoms with E-state index in [1.807, 2.05) is 24.3 Å². The maximum Gasteiger partial charge on any atom is 0.242 e. The maximum atomic E-state index is 13.8. The minimum Gasteiger partial charge on any atom is -0.488 e. The van der Waals surface area contributed by atoms with Crippen LogP contribution in [0.5, 0.6) is 5.75 Å². The van der Waals surface area contributed by atoms with Gasteiger partial charge in [0.15, 0.2) is 0 Å². The van der Waals surface area contributed by atoms with Crippen LogP contribution in [0.25, 0.3) is 0 Å². The number of benzene rings is 2. The predicted octanol–water partition coefficient (Wildman–Crippen LogP) is 3.19. The van der Waals surface area contributed by atoms with E-state index in [1.165, 1.54) is 10.7 Å². The summed E-state index contributed by atoms with van der Waals surface area (Å²) in [5.74, 6) is 0.796. The third-order valence-corrected chi connectivity index (χ3v) is 3.82. The smallest absolute Gasteiger partial charge is 0.242 e. The summed E-state index contributed by atoms with van der Waals surface area (Å²) in [6.45, 7) is 0.517. The Kier molecular flexibility index (Phi) is 4.90. The number of aromatic nitrogens is 4. The van der Waals surface area contributed by atoms with E-state index >= 15 is 0 Å². The van der Waals surface area contributed by atoms with E-state index in [2.05, 4.69) is 20.8 Å². The van der Waals surface area contributed by atoms with E-state index in [0.29, 0.717) is 28.8 Å². The van der Waals surface area contributed by atoms with Crippen molar-refractivity contribution in [2.75, 3.05) is 5.32 Å². The first-order valence-corrected chi connectivity index (χ1v) is 7.63. The van der Waals surface area contributed by atoms with Gasteiger partial charge in [-0.3, -0.25) is 0 Å². The number of aryl methyl sites for hydroxylation is 1. The Labute approximate surface area is 143 Å². The Bertz CT molecular complexity index is 819. The van der Waals surface area contributed by atoms with Crippen LogP contribution in [-0.2, 0) is 20.2 Å². The van der Waals surface area contributed by atoms with E-state index in [0.717, 1.165) is 5.56 Å². The number of halogens is 2. The summed E-state index contributed by atoms with van der Waals surface area (Å²) in [6.07, 6.45) is 0. The highest BCUT2D eigenvalue weighted by Crippen LogP contribution is 2.24. The lowest BCUT2D eigenvalue weighted by Gasteiger charge is -2.13. The average molecular weight is 348 g/mol. The molecule has 0 atom stereocenters. The van der Waals surface area contributed by atoms with Crippen molar-refractivity contribution in [3.05, 3.63) is 64.4 Å². The van der Waals surface area contributed by atoms with Crippen molar-refractivity contribution in [1.29, 1.82) is 0 Å². The van der Waals surface area contributed by atoms with Crippen LogP contribution in [0.1, 0.15) is 11.1 Å². The lowest BCUT2D eigenvalue weighted by Crippen LogP contribution is -2.08. The fourth-order valence-electron chi connectivity index (χ4n) is 2.16. The van der Waals surface area contributed by atoms with Crippen molar-refractivity contribution < 1.29 is 9.13 Å². The van der Waals surface area contributed by atoms with Gasteiger partial charge in [-0.2, -0.15) is 0 Å². The molecule has 1 aromatic heterocycles. The van der Waals surface area contributed by atoms with Gasteiger partial charge in [0.1, 0.15) is 18.2 Å².